The van der Waals surface area contributed by atoms with Crippen LogP contribution in [-0.2, 0) is 17.6 Å². The minimum atomic E-state index is -0.637. The van der Waals surface area contributed by atoms with E-state index in [0.717, 1.165) is 55.4 Å². The average Bonchev–Trinajstić information content (AvgIpc) is 2.87. The molecular weight excluding hydrogens is 320 g/mol. The summed E-state index contributed by atoms with van der Waals surface area (Å²) in [6.07, 6.45) is 5.79. The van der Waals surface area contributed by atoms with Crippen LogP contribution in [0.1, 0.15) is 36.8 Å². The molecule has 2 unspecified atom stereocenters. The van der Waals surface area contributed by atoms with Crippen molar-refractivity contribution in [3.8, 4) is 5.75 Å². The minimum absolute atomic E-state index is 0.195. The van der Waals surface area contributed by atoms with E-state index in [9.17, 15) is 9.90 Å². The molecule has 2 aliphatic rings. The first-order valence-corrected chi connectivity index (χ1v) is 8.11. The summed E-state index contributed by atoms with van der Waals surface area (Å²) in [7, 11) is 0. The second kappa shape index (κ2) is 5.76. The third-order valence-corrected chi connectivity index (χ3v) is 4.99. The zero-order chi connectivity index (χ0) is 14.1. The van der Waals surface area contributed by atoms with Gasteiger partial charge < -0.3 is 9.84 Å². The number of rotatable bonds is 3. The third-order valence-electron chi connectivity index (χ3n) is 4.53. The van der Waals surface area contributed by atoms with E-state index in [-0.39, 0.29) is 11.8 Å². The first-order valence-electron chi connectivity index (χ1n) is 7.32. The molecule has 1 aromatic carbocycles. The van der Waals surface area contributed by atoms with E-state index in [0.29, 0.717) is 0 Å². The normalized spacial score (nSPS) is 25.1. The first kappa shape index (κ1) is 13.9. The number of halogens is 1. The minimum Gasteiger partial charge on any atom is -0.493 e. The Kier molecular flexibility index (Phi) is 4.01. The number of benzene rings is 1. The summed E-state index contributed by atoms with van der Waals surface area (Å²) in [6, 6.07) is 4.21. The van der Waals surface area contributed by atoms with Gasteiger partial charge in [-0.05, 0) is 48.4 Å². The standard InChI is InChI=1S/C16H19BrO3/c17-13-8-11-5-6-20-15(11)12(9-13)7-10-3-1-2-4-14(10)16(18)19/h8-10,14H,1-7H2,(H,18,19). The molecule has 1 fully saturated rings. The lowest BCUT2D eigenvalue weighted by Gasteiger charge is -2.29. The van der Waals surface area contributed by atoms with Gasteiger partial charge in [-0.15, -0.1) is 0 Å². The largest absolute Gasteiger partial charge is 0.493 e. The molecule has 0 spiro atoms. The van der Waals surface area contributed by atoms with E-state index in [1.807, 2.05) is 0 Å². The van der Waals surface area contributed by atoms with Crippen LogP contribution in [0.3, 0.4) is 0 Å². The first-order chi connectivity index (χ1) is 9.65. The molecule has 1 aromatic rings. The SMILES string of the molecule is O=C(O)C1CCCCC1Cc1cc(Br)cc2c1OCC2. The zero-order valence-electron chi connectivity index (χ0n) is 11.4. The van der Waals surface area contributed by atoms with E-state index in [1.165, 1.54) is 11.1 Å². The average molecular weight is 339 g/mol. The monoisotopic (exact) mass is 338 g/mol. The fourth-order valence-corrected chi connectivity index (χ4v) is 4.11. The van der Waals surface area contributed by atoms with Crippen molar-refractivity contribution in [1.29, 1.82) is 0 Å². The van der Waals surface area contributed by atoms with Gasteiger partial charge in [0.25, 0.3) is 0 Å². The van der Waals surface area contributed by atoms with Gasteiger partial charge in [0.15, 0.2) is 0 Å². The second-order valence-corrected chi connectivity index (χ2v) is 6.76. The van der Waals surface area contributed by atoms with Gasteiger partial charge in [0.2, 0.25) is 0 Å². The van der Waals surface area contributed by atoms with Gasteiger partial charge >= 0.3 is 5.97 Å². The molecular formula is C16H19BrO3. The fraction of sp³-hybridized carbons (Fsp3) is 0.562. The fourth-order valence-electron chi connectivity index (χ4n) is 3.56. The number of carboxylic acids is 1. The number of fused-ring (bicyclic) bond motifs is 1. The Hall–Kier alpha value is -1.03. The Morgan fingerprint density at radius 2 is 2.15 bits per heavy atom. The number of aliphatic carboxylic acids is 1. The van der Waals surface area contributed by atoms with Crippen molar-refractivity contribution >= 4 is 21.9 Å². The number of carboxylic acid groups (broad SMARTS) is 1. The van der Waals surface area contributed by atoms with Crippen molar-refractivity contribution in [2.24, 2.45) is 11.8 Å². The van der Waals surface area contributed by atoms with Gasteiger partial charge in [-0.25, -0.2) is 0 Å². The Morgan fingerprint density at radius 1 is 1.35 bits per heavy atom. The van der Waals surface area contributed by atoms with Crippen molar-refractivity contribution in [2.75, 3.05) is 6.61 Å². The van der Waals surface area contributed by atoms with Crippen LogP contribution in [-0.4, -0.2) is 17.7 Å². The topological polar surface area (TPSA) is 46.5 Å². The Bertz CT molecular complexity index is 527. The van der Waals surface area contributed by atoms with Crippen LogP contribution in [0, 0.1) is 11.8 Å². The van der Waals surface area contributed by atoms with E-state index >= 15 is 0 Å². The predicted molar refractivity (Wildman–Crippen MR) is 80.1 cm³/mol. The van der Waals surface area contributed by atoms with Crippen LogP contribution >= 0.6 is 15.9 Å². The van der Waals surface area contributed by atoms with Crippen LogP contribution in [0.2, 0.25) is 0 Å². The molecule has 0 aromatic heterocycles. The van der Waals surface area contributed by atoms with Gasteiger partial charge in [-0.1, -0.05) is 28.8 Å². The molecule has 1 heterocycles. The van der Waals surface area contributed by atoms with Crippen molar-refractivity contribution in [3.05, 3.63) is 27.7 Å². The van der Waals surface area contributed by atoms with Gasteiger partial charge in [-0.2, -0.15) is 0 Å². The number of hydrogen-bond donors (Lipinski definition) is 1. The molecule has 1 aliphatic heterocycles. The molecule has 1 saturated carbocycles. The highest BCUT2D eigenvalue weighted by Gasteiger charge is 2.32. The van der Waals surface area contributed by atoms with E-state index < -0.39 is 5.97 Å². The molecule has 0 radical (unpaired) electrons. The molecule has 3 rings (SSSR count). The highest BCUT2D eigenvalue weighted by Crippen LogP contribution is 2.38. The number of hydrogen-bond acceptors (Lipinski definition) is 2. The van der Waals surface area contributed by atoms with E-state index in [1.54, 1.807) is 0 Å². The van der Waals surface area contributed by atoms with Crippen molar-refractivity contribution in [1.82, 2.24) is 0 Å². The highest BCUT2D eigenvalue weighted by atomic mass is 79.9. The summed E-state index contributed by atoms with van der Waals surface area (Å²) in [6.45, 7) is 0.742. The quantitative estimate of drug-likeness (QED) is 0.911. The molecule has 20 heavy (non-hydrogen) atoms. The molecule has 3 nitrogen and oxygen atoms in total. The van der Waals surface area contributed by atoms with Crippen LogP contribution in [0.15, 0.2) is 16.6 Å². The van der Waals surface area contributed by atoms with Crippen LogP contribution in [0.5, 0.6) is 5.75 Å². The summed E-state index contributed by atoms with van der Waals surface area (Å²) in [4.78, 5) is 11.4. The van der Waals surface area contributed by atoms with E-state index in [2.05, 4.69) is 28.1 Å². The predicted octanol–water partition coefficient (Wildman–Crippen LogP) is 3.82. The van der Waals surface area contributed by atoms with Crippen LogP contribution < -0.4 is 4.74 Å². The molecule has 108 valence electrons. The molecule has 2 atom stereocenters. The van der Waals surface area contributed by atoms with Gasteiger partial charge in [0.05, 0.1) is 12.5 Å². The summed E-state index contributed by atoms with van der Waals surface area (Å²) in [5, 5.41) is 9.39. The molecule has 0 saturated heterocycles. The summed E-state index contributed by atoms with van der Waals surface area (Å²) < 4.78 is 6.82. The van der Waals surface area contributed by atoms with Crippen molar-refractivity contribution in [2.45, 2.75) is 38.5 Å². The summed E-state index contributed by atoms with van der Waals surface area (Å²) in [5.41, 5.74) is 2.42. The Labute approximate surface area is 127 Å². The second-order valence-electron chi connectivity index (χ2n) is 5.85. The zero-order valence-corrected chi connectivity index (χ0v) is 13.0. The summed E-state index contributed by atoms with van der Waals surface area (Å²) in [5.74, 6) is 0.411. The van der Waals surface area contributed by atoms with Gasteiger partial charge in [0, 0.05) is 10.9 Å². The molecule has 0 bridgehead atoms. The smallest absolute Gasteiger partial charge is 0.306 e. The number of ether oxygens (including phenoxy) is 1. The molecule has 4 heteroatoms. The van der Waals surface area contributed by atoms with Gasteiger partial charge in [-0.3, -0.25) is 4.79 Å². The molecule has 1 N–H and O–H groups in total. The van der Waals surface area contributed by atoms with Crippen molar-refractivity contribution in [3.63, 3.8) is 0 Å². The lowest BCUT2D eigenvalue weighted by Crippen LogP contribution is -2.28. The maximum absolute atomic E-state index is 11.4. The Balaban J connectivity index is 1.85. The molecule has 0 amide bonds. The van der Waals surface area contributed by atoms with Crippen LogP contribution in [0.4, 0.5) is 0 Å². The lowest BCUT2D eigenvalue weighted by molar-refractivity contribution is -0.144. The summed E-state index contributed by atoms with van der Waals surface area (Å²) >= 11 is 3.55. The van der Waals surface area contributed by atoms with Crippen LogP contribution in [0.25, 0.3) is 0 Å². The lowest BCUT2D eigenvalue weighted by atomic mass is 9.76. The Morgan fingerprint density at radius 3 is 2.95 bits per heavy atom. The third kappa shape index (κ3) is 2.71. The number of carbonyl (C=O) groups is 1. The maximum atomic E-state index is 11.4. The molecule has 1 aliphatic carbocycles. The maximum Gasteiger partial charge on any atom is 0.306 e. The van der Waals surface area contributed by atoms with Gasteiger partial charge in [0.1, 0.15) is 5.75 Å². The van der Waals surface area contributed by atoms with Crippen molar-refractivity contribution < 1.29 is 14.6 Å². The van der Waals surface area contributed by atoms with E-state index in [4.69, 9.17) is 4.74 Å². The highest BCUT2D eigenvalue weighted by molar-refractivity contribution is 9.10.